The summed E-state index contributed by atoms with van der Waals surface area (Å²) in [5, 5.41) is 2.71. The van der Waals surface area contributed by atoms with Crippen molar-refractivity contribution >= 4 is 33.2 Å². The zero-order valence-electron chi connectivity index (χ0n) is 8.77. The molecule has 4 nitrogen and oxygen atoms in total. The maximum Gasteiger partial charge on any atom is 0.273 e. The van der Waals surface area contributed by atoms with Crippen molar-refractivity contribution in [3.05, 3.63) is 41.0 Å². The highest BCUT2D eigenvalue weighted by molar-refractivity contribution is 9.10. The lowest BCUT2D eigenvalue weighted by atomic mass is 10.3. The van der Waals surface area contributed by atoms with Gasteiger partial charge in [0.2, 0.25) is 0 Å². The van der Waals surface area contributed by atoms with Gasteiger partial charge in [0.1, 0.15) is 5.71 Å². The fourth-order valence-corrected chi connectivity index (χ4v) is 1.50. The highest BCUT2D eigenvalue weighted by Gasteiger charge is 2.07. The van der Waals surface area contributed by atoms with Crippen LogP contribution in [0.15, 0.2) is 46.0 Å². The molecule has 84 valence electrons. The van der Waals surface area contributed by atoms with Gasteiger partial charge in [-0.3, -0.25) is 9.79 Å². The minimum atomic E-state index is -0.290. The molecule has 1 rings (SSSR count). The Labute approximate surface area is 102 Å². The van der Waals surface area contributed by atoms with Gasteiger partial charge in [-0.2, -0.15) is 0 Å². The third-order valence-electron chi connectivity index (χ3n) is 1.81. The van der Waals surface area contributed by atoms with E-state index in [2.05, 4.69) is 26.2 Å². The highest BCUT2D eigenvalue weighted by Crippen LogP contribution is 2.15. The van der Waals surface area contributed by atoms with Crippen LogP contribution >= 0.6 is 15.9 Å². The number of carbonyl (C=O) groups excluding carboxylic acids is 1. The van der Waals surface area contributed by atoms with E-state index in [1.54, 1.807) is 12.1 Å². The Morgan fingerprint density at radius 1 is 1.56 bits per heavy atom. The molecule has 0 aliphatic rings. The van der Waals surface area contributed by atoms with E-state index >= 15 is 0 Å². The van der Waals surface area contributed by atoms with E-state index in [1.807, 2.05) is 12.1 Å². The van der Waals surface area contributed by atoms with Crippen LogP contribution in [-0.2, 0) is 4.79 Å². The first-order valence-electron chi connectivity index (χ1n) is 4.59. The van der Waals surface area contributed by atoms with Crippen LogP contribution in [0.5, 0.6) is 0 Å². The number of hydrogen-bond donors (Lipinski definition) is 2. The van der Waals surface area contributed by atoms with E-state index in [-0.39, 0.29) is 11.6 Å². The first-order chi connectivity index (χ1) is 7.67. The van der Waals surface area contributed by atoms with Crippen LogP contribution in [0.1, 0.15) is 0 Å². The van der Waals surface area contributed by atoms with Gasteiger partial charge in [-0.15, -0.1) is 0 Å². The molecule has 0 bridgehead atoms. The maximum absolute atomic E-state index is 11.7. The average Bonchev–Trinajstić information content (AvgIpc) is 2.25. The Morgan fingerprint density at radius 3 is 2.88 bits per heavy atom. The number of nitrogens with two attached hydrogens (primary N) is 1. The van der Waals surface area contributed by atoms with Gasteiger partial charge in [0.15, 0.2) is 0 Å². The van der Waals surface area contributed by atoms with Crippen molar-refractivity contribution in [2.75, 3.05) is 12.4 Å². The lowest BCUT2D eigenvalue weighted by molar-refractivity contribution is -0.110. The molecule has 1 aromatic rings. The number of nitrogens with one attached hydrogen (secondary N) is 1. The Bertz CT molecular complexity index is 441. The summed E-state index contributed by atoms with van der Waals surface area (Å²) >= 11 is 3.32. The second kappa shape index (κ2) is 6.07. The average molecular weight is 282 g/mol. The minimum absolute atomic E-state index is 0.280. The zero-order chi connectivity index (χ0) is 12.0. The summed E-state index contributed by atoms with van der Waals surface area (Å²) in [7, 11) is 1.54. The Morgan fingerprint density at radius 2 is 2.31 bits per heavy atom. The van der Waals surface area contributed by atoms with Crippen LogP contribution in [0, 0.1) is 0 Å². The predicted octanol–water partition coefficient (Wildman–Crippen LogP) is 1.93. The molecule has 3 N–H and O–H groups in total. The number of halogens is 1. The Balaban J connectivity index is 2.78. The summed E-state index contributed by atoms with van der Waals surface area (Å²) in [6.07, 6.45) is 2.73. The lowest BCUT2D eigenvalue weighted by Gasteiger charge is -2.04. The van der Waals surface area contributed by atoms with Crippen LogP contribution < -0.4 is 11.1 Å². The maximum atomic E-state index is 11.7. The smallest absolute Gasteiger partial charge is 0.273 e. The van der Waals surface area contributed by atoms with Crippen LogP contribution in [0.4, 0.5) is 5.69 Å². The van der Waals surface area contributed by atoms with Gasteiger partial charge in [-0.05, 0) is 30.5 Å². The first-order valence-corrected chi connectivity index (χ1v) is 5.38. The number of hydrogen-bond acceptors (Lipinski definition) is 3. The number of rotatable bonds is 3. The van der Waals surface area contributed by atoms with Gasteiger partial charge in [-0.1, -0.05) is 22.0 Å². The summed E-state index contributed by atoms with van der Waals surface area (Å²) in [4.78, 5) is 15.5. The van der Waals surface area contributed by atoms with Crippen LogP contribution in [0.25, 0.3) is 0 Å². The number of anilines is 1. The standard InChI is InChI=1S/C11H12BrN3O/c1-14-10(5-6-13)11(16)15-9-4-2-3-8(12)7-9/h2-7H,13H2,1H3,(H,15,16). The number of benzene rings is 1. The summed E-state index contributed by atoms with van der Waals surface area (Å²) in [5.74, 6) is -0.290. The number of aliphatic imine (C=N–C) groups is 1. The molecule has 0 unspecified atom stereocenters. The molecule has 16 heavy (non-hydrogen) atoms. The molecule has 0 saturated carbocycles. The number of nitrogens with zero attached hydrogens (tertiary/aromatic N) is 1. The predicted molar refractivity (Wildman–Crippen MR) is 69.5 cm³/mol. The molecule has 1 amide bonds. The summed E-state index contributed by atoms with van der Waals surface area (Å²) in [5.41, 5.74) is 6.19. The third kappa shape index (κ3) is 3.51. The number of amides is 1. The zero-order valence-corrected chi connectivity index (χ0v) is 10.4. The molecule has 5 heteroatoms. The summed E-state index contributed by atoms with van der Waals surface area (Å²) in [6, 6.07) is 7.31. The number of carbonyl (C=O) groups is 1. The van der Waals surface area contributed by atoms with Crippen LogP contribution in [0.3, 0.4) is 0 Å². The Kier molecular flexibility index (Phi) is 4.72. The molecule has 0 heterocycles. The highest BCUT2D eigenvalue weighted by atomic mass is 79.9. The fourth-order valence-electron chi connectivity index (χ4n) is 1.10. The first kappa shape index (κ1) is 12.4. The SMILES string of the molecule is CN=C(C=CN)C(=O)Nc1cccc(Br)c1. The normalized spacial score (nSPS) is 11.8. The van der Waals surface area contributed by atoms with Crippen molar-refractivity contribution in [3.63, 3.8) is 0 Å². The molecular formula is C11H12BrN3O. The van der Waals surface area contributed by atoms with Crippen LogP contribution in [0.2, 0.25) is 0 Å². The van der Waals surface area contributed by atoms with E-state index in [4.69, 9.17) is 5.73 Å². The van der Waals surface area contributed by atoms with Crippen molar-refractivity contribution in [3.8, 4) is 0 Å². The monoisotopic (exact) mass is 281 g/mol. The van der Waals surface area contributed by atoms with Crippen molar-refractivity contribution in [2.24, 2.45) is 10.7 Å². The Hall–Kier alpha value is -1.62. The quantitative estimate of drug-likeness (QED) is 0.832. The van der Waals surface area contributed by atoms with Gasteiger partial charge in [0.05, 0.1) is 0 Å². The second-order valence-corrected chi connectivity index (χ2v) is 3.85. The summed E-state index contributed by atoms with van der Waals surface area (Å²) < 4.78 is 0.898. The van der Waals surface area contributed by atoms with Crippen molar-refractivity contribution in [1.29, 1.82) is 0 Å². The molecule has 0 atom stereocenters. The van der Waals surface area contributed by atoms with Crippen LogP contribution in [-0.4, -0.2) is 18.7 Å². The van der Waals surface area contributed by atoms with Gasteiger partial charge in [0.25, 0.3) is 5.91 Å². The molecule has 0 radical (unpaired) electrons. The molecule has 0 fully saturated rings. The molecule has 0 aliphatic heterocycles. The van der Waals surface area contributed by atoms with E-state index in [0.29, 0.717) is 5.69 Å². The molecule has 0 aromatic heterocycles. The van der Waals surface area contributed by atoms with E-state index in [0.717, 1.165) is 4.47 Å². The van der Waals surface area contributed by atoms with E-state index in [1.165, 1.54) is 19.3 Å². The fraction of sp³-hybridized carbons (Fsp3) is 0.0909. The van der Waals surface area contributed by atoms with Crippen molar-refractivity contribution in [1.82, 2.24) is 0 Å². The van der Waals surface area contributed by atoms with Gasteiger partial charge in [0, 0.05) is 17.2 Å². The molecule has 0 aliphatic carbocycles. The molecule has 0 saturated heterocycles. The molecule has 0 spiro atoms. The second-order valence-electron chi connectivity index (χ2n) is 2.93. The van der Waals surface area contributed by atoms with Gasteiger partial charge < -0.3 is 11.1 Å². The summed E-state index contributed by atoms with van der Waals surface area (Å²) in [6.45, 7) is 0. The molecule has 1 aromatic carbocycles. The van der Waals surface area contributed by atoms with Gasteiger partial charge in [-0.25, -0.2) is 0 Å². The van der Waals surface area contributed by atoms with Crippen molar-refractivity contribution in [2.45, 2.75) is 0 Å². The largest absolute Gasteiger partial charge is 0.405 e. The molecular weight excluding hydrogens is 270 g/mol. The van der Waals surface area contributed by atoms with Crippen molar-refractivity contribution < 1.29 is 4.79 Å². The third-order valence-corrected chi connectivity index (χ3v) is 2.30. The topological polar surface area (TPSA) is 67.5 Å². The lowest BCUT2D eigenvalue weighted by Crippen LogP contribution is -2.21. The van der Waals surface area contributed by atoms with E-state index in [9.17, 15) is 4.79 Å². The minimum Gasteiger partial charge on any atom is -0.405 e. The van der Waals surface area contributed by atoms with E-state index < -0.39 is 0 Å². The van der Waals surface area contributed by atoms with Gasteiger partial charge >= 0.3 is 0 Å².